The van der Waals surface area contributed by atoms with Crippen LogP contribution in [0.15, 0.2) is 45.6 Å². The summed E-state index contributed by atoms with van der Waals surface area (Å²) in [7, 11) is 1.62. The van der Waals surface area contributed by atoms with Crippen LogP contribution < -0.4 is 0 Å². The first-order valence-electron chi connectivity index (χ1n) is 3.74. The van der Waals surface area contributed by atoms with Crippen LogP contribution in [0, 0.1) is 0 Å². The molecule has 0 spiro atoms. The second-order valence-corrected chi connectivity index (χ2v) is 2.26. The molecule has 0 fully saturated rings. The Morgan fingerprint density at radius 3 is 2.67 bits per heavy atom. The standard InChI is InChI=1S/C9H11N3/c1-10-12-8-11-7-9-5-3-2-4-6-9/h2-6,8H,7H2,1H3. The lowest BCUT2D eigenvalue weighted by atomic mass is 10.2. The number of hydrogen-bond acceptors (Lipinski definition) is 2. The van der Waals surface area contributed by atoms with Gasteiger partial charge in [-0.25, -0.2) is 0 Å². The lowest BCUT2D eigenvalue weighted by Crippen LogP contribution is -1.78. The van der Waals surface area contributed by atoms with E-state index in [0.717, 1.165) is 0 Å². The molecule has 1 aromatic rings. The zero-order valence-corrected chi connectivity index (χ0v) is 7.01. The molecule has 0 N–H and O–H groups in total. The molecular formula is C9H11N3. The topological polar surface area (TPSA) is 37.1 Å². The van der Waals surface area contributed by atoms with Crippen LogP contribution in [0.1, 0.15) is 5.56 Å². The van der Waals surface area contributed by atoms with Gasteiger partial charge in [-0.2, -0.15) is 5.11 Å². The Hall–Kier alpha value is -1.51. The molecule has 62 valence electrons. The maximum Gasteiger partial charge on any atom is 0.132 e. The van der Waals surface area contributed by atoms with Crippen LogP contribution in [-0.4, -0.2) is 13.4 Å². The van der Waals surface area contributed by atoms with E-state index < -0.39 is 0 Å². The van der Waals surface area contributed by atoms with Gasteiger partial charge < -0.3 is 0 Å². The van der Waals surface area contributed by atoms with Gasteiger partial charge in [0.25, 0.3) is 0 Å². The van der Waals surface area contributed by atoms with Gasteiger partial charge in [-0.1, -0.05) is 30.3 Å². The van der Waals surface area contributed by atoms with Crippen molar-refractivity contribution in [2.24, 2.45) is 15.2 Å². The van der Waals surface area contributed by atoms with Gasteiger partial charge in [0.05, 0.1) is 6.54 Å². The summed E-state index contributed by atoms with van der Waals surface area (Å²) in [5, 5.41) is 7.16. The van der Waals surface area contributed by atoms with Crippen LogP contribution >= 0.6 is 0 Å². The number of benzene rings is 1. The van der Waals surface area contributed by atoms with Gasteiger partial charge in [0.2, 0.25) is 0 Å². The predicted molar refractivity (Wildman–Crippen MR) is 49.4 cm³/mol. The third-order valence-electron chi connectivity index (χ3n) is 1.37. The third-order valence-corrected chi connectivity index (χ3v) is 1.37. The second kappa shape index (κ2) is 5.18. The molecule has 1 rings (SSSR count). The summed E-state index contributed by atoms with van der Waals surface area (Å²) in [6.45, 7) is 0.667. The molecule has 0 aliphatic rings. The minimum atomic E-state index is 0.667. The van der Waals surface area contributed by atoms with Crippen molar-refractivity contribution in [3.8, 4) is 0 Å². The van der Waals surface area contributed by atoms with Crippen molar-refractivity contribution in [3.05, 3.63) is 35.9 Å². The lowest BCUT2D eigenvalue weighted by molar-refractivity contribution is 1.06. The molecule has 0 aliphatic carbocycles. The molecule has 0 aliphatic heterocycles. The van der Waals surface area contributed by atoms with Crippen LogP contribution in [0.4, 0.5) is 0 Å². The second-order valence-electron chi connectivity index (χ2n) is 2.26. The van der Waals surface area contributed by atoms with Gasteiger partial charge in [-0.15, -0.1) is 5.11 Å². The number of rotatable bonds is 3. The van der Waals surface area contributed by atoms with E-state index in [-0.39, 0.29) is 0 Å². The third kappa shape index (κ3) is 3.05. The molecule has 0 radical (unpaired) electrons. The van der Waals surface area contributed by atoms with Gasteiger partial charge in [-0.05, 0) is 5.56 Å². The number of aliphatic imine (C=N–C) groups is 1. The summed E-state index contributed by atoms with van der Waals surface area (Å²) in [4.78, 5) is 4.05. The van der Waals surface area contributed by atoms with Gasteiger partial charge >= 0.3 is 0 Å². The van der Waals surface area contributed by atoms with E-state index in [4.69, 9.17) is 0 Å². The monoisotopic (exact) mass is 161 g/mol. The molecule has 0 saturated heterocycles. The highest BCUT2D eigenvalue weighted by Gasteiger charge is 1.84. The average Bonchev–Trinajstić information content (AvgIpc) is 2.14. The zero-order valence-electron chi connectivity index (χ0n) is 7.01. The van der Waals surface area contributed by atoms with Gasteiger partial charge in [0.1, 0.15) is 6.34 Å². The summed E-state index contributed by atoms with van der Waals surface area (Å²) < 4.78 is 0. The Morgan fingerprint density at radius 2 is 2.00 bits per heavy atom. The highest BCUT2D eigenvalue weighted by molar-refractivity contribution is 5.54. The molecule has 0 saturated carbocycles. The molecule has 3 heteroatoms. The van der Waals surface area contributed by atoms with Crippen LogP contribution in [0.3, 0.4) is 0 Å². The average molecular weight is 161 g/mol. The molecule has 0 unspecified atom stereocenters. The summed E-state index contributed by atoms with van der Waals surface area (Å²) >= 11 is 0. The fraction of sp³-hybridized carbons (Fsp3) is 0.222. The van der Waals surface area contributed by atoms with E-state index in [1.54, 1.807) is 7.05 Å². The quantitative estimate of drug-likeness (QED) is 0.370. The van der Waals surface area contributed by atoms with Gasteiger partial charge in [0, 0.05) is 7.05 Å². The molecule has 3 nitrogen and oxygen atoms in total. The normalized spacial score (nSPS) is 11.4. The zero-order chi connectivity index (χ0) is 8.65. The van der Waals surface area contributed by atoms with E-state index in [2.05, 4.69) is 15.2 Å². The minimum absolute atomic E-state index is 0.667. The summed E-state index contributed by atoms with van der Waals surface area (Å²) in [6, 6.07) is 10.0. The van der Waals surface area contributed by atoms with Gasteiger partial charge in [0.15, 0.2) is 0 Å². The predicted octanol–water partition coefficient (Wildman–Crippen LogP) is 2.30. The van der Waals surface area contributed by atoms with Crippen LogP contribution in [0.5, 0.6) is 0 Å². The van der Waals surface area contributed by atoms with Crippen molar-refractivity contribution in [2.75, 3.05) is 7.05 Å². The lowest BCUT2D eigenvalue weighted by Gasteiger charge is -1.91. The number of azo groups is 1. The van der Waals surface area contributed by atoms with E-state index >= 15 is 0 Å². The SMILES string of the molecule is CN=NC=NCc1ccccc1. The number of hydrogen-bond donors (Lipinski definition) is 0. The summed E-state index contributed by atoms with van der Waals surface area (Å²) in [5.74, 6) is 0. The van der Waals surface area contributed by atoms with Crippen LogP contribution in [-0.2, 0) is 6.54 Å². The van der Waals surface area contributed by atoms with Gasteiger partial charge in [-0.3, -0.25) is 4.99 Å². The maximum absolute atomic E-state index is 4.05. The van der Waals surface area contributed by atoms with E-state index in [1.165, 1.54) is 11.9 Å². The Bertz CT molecular complexity index is 264. The van der Waals surface area contributed by atoms with Crippen molar-refractivity contribution in [1.82, 2.24) is 0 Å². The first kappa shape index (κ1) is 8.59. The Labute approximate surface area is 71.9 Å². The highest BCUT2D eigenvalue weighted by Crippen LogP contribution is 1.98. The summed E-state index contributed by atoms with van der Waals surface area (Å²) in [6.07, 6.45) is 1.47. The van der Waals surface area contributed by atoms with Crippen molar-refractivity contribution >= 4 is 6.34 Å². The molecule has 0 bridgehead atoms. The Balaban J connectivity index is 2.43. The molecule has 0 amide bonds. The van der Waals surface area contributed by atoms with Crippen molar-refractivity contribution in [1.29, 1.82) is 0 Å². The van der Waals surface area contributed by atoms with E-state index in [9.17, 15) is 0 Å². The summed E-state index contributed by atoms with van der Waals surface area (Å²) in [5.41, 5.74) is 1.18. The fourth-order valence-corrected chi connectivity index (χ4v) is 0.818. The molecule has 12 heavy (non-hydrogen) atoms. The van der Waals surface area contributed by atoms with Crippen molar-refractivity contribution in [3.63, 3.8) is 0 Å². The molecule has 0 atom stereocenters. The highest BCUT2D eigenvalue weighted by atomic mass is 15.1. The minimum Gasteiger partial charge on any atom is -0.267 e. The van der Waals surface area contributed by atoms with Crippen molar-refractivity contribution < 1.29 is 0 Å². The van der Waals surface area contributed by atoms with E-state index in [0.29, 0.717) is 6.54 Å². The fourth-order valence-electron chi connectivity index (χ4n) is 0.818. The smallest absolute Gasteiger partial charge is 0.132 e. The van der Waals surface area contributed by atoms with Crippen molar-refractivity contribution in [2.45, 2.75) is 6.54 Å². The Morgan fingerprint density at radius 1 is 1.25 bits per heavy atom. The molecule has 0 aromatic heterocycles. The largest absolute Gasteiger partial charge is 0.267 e. The molecular weight excluding hydrogens is 150 g/mol. The number of nitrogens with zero attached hydrogens (tertiary/aromatic N) is 3. The molecule has 0 heterocycles. The van der Waals surface area contributed by atoms with Crippen LogP contribution in [0.2, 0.25) is 0 Å². The Kier molecular flexibility index (Phi) is 3.71. The first-order chi connectivity index (χ1) is 5.93. The molecule has 1 aromatic carbocycles. The maximum atomic E-state index is 4.05. The van der Waals surface area contributed by atoms with Crippen LogP contribution in [0.25, 0.3) is 0 Å². The first-order valence-corrected chi connectivity index (χ1v) is 3.74. The van der Waals surface area contributed by atoms with E-state index in [1.807, 2.05) is 30.3 Å².